The first kappa shape index (κ1) is 12.3. The van der Waals surface area contributed by atoms with Crippen molar-refractivity contribution in [1.82, 2.24) is 0 Å². The lowest BCUT2D eigenvalue weighted by atomic mass is 10.0. The van der Waals surface area contributed by atoms with E-state index in [1.807, 2.05) is 25.1 Å². The Hall–Kier alpha value is -2.16. The van der Waals surface area contributed by atoms with E-state index in [0.717, 1.165) is 5.69 Å². The SMILES string of the molecule is CN(C)c1cccc(C(=O)c2ccccc2F)c1. The van der Waals surface area contributed by atoms with Gasteiger partial charge < -0.3 is 4.90 Å². The van der Waals surface area contributed by atoms with Gasteiger partial charge in [-0.1, -0.05) is 24.3 Å². The number of carbonyl (C=O) groups excluding carboxylic acids is 1. The molecule has 18 heavy (non-hydrogen) atoms. The molecule has 0 saturated carbocycles. The number of benzene rings is 2. The third kappa shape index (κ3) is 2.40. The lowest BCUT2D eigenvalue weighted by Gasteiger charge is -2.13. The Morgan fingerprint density at radius 2 is 1.78 bits per heavy atom. The van der Waals surface area contributed by atoms with E-state index in [4.69, 9.17) is 0 Å². The predicted octanol–water partition coefficient (Wildman–Crippen LogP) is 3.12. The molecule has 2 rings (SSSR count). The summed E-state index contributed by atoms with van der Waals surface area (Å²) in [4.78, 5) is 14.1. The summed E-state index contributed by atoms with van der Waals surface area (Å²) in [6.07, 6.45) is 0. The van der Waals surface area contributed by atoms with E-state index < -0.39 is 5.82 Å². The van der Waals surface area contributed by atoms with E-state index in [-0.39, 0.29) is 11.3 Å². The lowest BCUT2D eigenvalue weighted by molar-refractivity contribution is 0.103. The van der Waals surface area contributed by atoms with Gasteiger partial charge in [-0.25, -0.2) is 4.39 Å². The number of halogens is 1. The first-order chi connectivity index (χ1) is 8.59. The first-order valence-electron chi connectivity index (χ1n) is 5.66. The van der Waals surface area contributed by atoms with E-state index >= 15 is 0 Å². The molecule has 0 N–H and O–H groups in total. The largest absolute Gasteiger partial charge is 0.378 e. The molecule has 0 aliphatic heterocycles. The zero-order valence-corrected chi connectivity index (χ0v) is 10.4. The summed E-state index contributed by atoms with van der Waals surface area (Å²) >= 11 is 0. The Labute approximate surface area is 106 Å². The van der Waals surface area contributed by atoms with Crippen LogP contribution in [0.5, 0.6) is 0 Å². The van der Waals surface area contributed by atoms with Gasteiger partial charge >= 0.3 is 0 Å². The minimum absolute atomic E-state index is 0.105. The van der Waals surface area contributed by atoms with Crippen molar-refractivity contribution in [1.29, 1.82) is 0 Å². The third-order valence-corrected chi connectivity index (χ3v) is 2.74. The summed E-state index contributed by atoms with van der Waals surface area (Å²) in [5.41, 5.74) is 1.51. The molecule has 0 radical (unpaired) electrons. The van der Waals surface area contributed by atoms with Gasteiger partial charge in [-0.05, 0) is 24.3 Å². The second-order valence-electron chi connectivity index (χ2n) is 4.25. The molecule has 0 atom stereocenters. The van der Waals surface area contributed by atoms with Gasteiger partial charge in [-0.3, -0.25) is 4.79 Å². The van der Waals surface area contributed by atoms with Crippen LogP contribution in [0.25, 0.3) is 0 Å². The number of nitrogens with zero attached hydrogens (tertiary/aromatic N) is 1. The summed E-state index contributed by atoms with van der Waals surface area (Å²) in [5, 5.41) is 0. The normalized spacial score (nSPS) is 10.2. The number of rotatable bonds is 3. The van der Waals surface area contributed by atoms with Crippen LogP contribution >= 0.6 is 0 Å². The van der Waals surface area contributed by atoms with Crippen LogP contribution in [0.3, 0.4) is 0 Å². The van der Waals surface area contributed by atoms with Crippen LogP contribution < -0.4 is 4.90 Å². The van der Waals surface area contributed by atoms with Crippen LogP contribution in [-0.4, -0.2) is 19.9 Å². The van der Waals surface area contributed by atoms with Crippen molar-refractivity contribution < 1.29 is 9.18 Å². The molecule has 0 amide bonds. The highest BCUT2D eigenvalue weighted by molar-refractivity contribution is 6.09. The number of carbonyl (C=O) groups is 1. The molecule has 0 unspecified atom stereocenters. The van der Waals surface area contributed by atoms with Crippen molar-refractivity contribution in [3.8, 4) is 0 Å². The quantitative estimate of drug-likeness (QED) is 0.772. The van der Waals surface area contributed by atoms with E-state index in [2.05, 4.69) is 0 Å². The fourth-order valence-electron chi connectivity index (χ4n) is 1.73. The Morgan fingerprint density at radius 1 is 1.06 bits per heavy atom. The van der Waals surface area contributed by atoms with E-state index in [1.54, 1.807) is 30.3 Å². The molecule has 0 aliphatic rings. The zero-order chi connectivity index (χ0) is 13.1. The van der Waals surface area contributed by atoms with E-state index in [0.29, 0.717) is 5.56 Å². The van der Waals surface area contributed by atoms with Gasteiger partial charge in [0.1, 0.15) is 5.82 Å². The second kappa shape index (κ2) is 5.00. The highest BCUT2D eigenvalue weighted by Crippen LogP contribution is 2.18. The molecule has 3 heteroatoms. The Morgan fingerprint density at radius 3 is 2.44 bits per heavy atom. The van der Waals surface area contributed by atoms with Gasteiger partial charge in [-0.2, -0.15) is 0 Å². The predicted molar refractivity (Wildman–Crippen MR) is 70.6 cm³/mol. The number of hydrogen-bond donors (Lipinski definition) is 0. The van der Waals surface area contributed by atoms with Gasteiger partial charge in [-0.15, -0.1) is 0 Å². The molecule has 0 bridgehead atoms. The Bertz CT molecular complexity index is 578. The molecule has 0 spiro atoms. The average molecular weight is 243 g/mol. The van der Waals surface area contributed by atoms with Crippen molar-refractivity contribution >= 4 is 11.5 Å². The fourth-order valence-corrected chi connectivity index (χ4v) is 1.73. The van der Waals surface area contributed by atoms with Crippen LogP contribution in [0.15, 0.2) is 48.5 Å². The molecular weight excluding hydrogens is 229 g/mol. The van der Waals surface area contributed by atoms with Crippen molar-refractivity contribution in [3.63, 3.8) is 0 Å². The summed E-state index contributed by atoms with van der Waals surface area (Å²) in [7, 11) is 3.79. The van der Waals surface area contributed by atoms with Crippen LogP contribution in [0.4, 0.5) is 10.1 Å². The van der Waals surface area contributed by atoms with Crippen LogP contribution in [-0.2, 0) is 0 Å². The molecule has 0 heterocycles. The summed E-state index contributed by atoms with van der Waals surface area (Å²) in [6.45, 7) is 0. The topological polar surface area (TPSA) is 20.3 Å². The van der Waals surface area contributed by atoms with Crippen molar-refractivity contribution in [2.45, 2.75) is 0 Å². The summed E-state index contributed by atoms with van der Waals surface area (Å²) in [6, 6.07) is 13.2. The molecule has 92 valence electrons. The van der Waals surface area contributed by atoms with Crippen LogP contribution in [0.1, 0.15) is 15.9 Å². The van der Waals surface area contributed by atoms with Crippen molar-refractivity contribution in [2.24, 2.45) is 0 Å². The smallest absolute Gasteiger partial charge is 0.196 e. The van der Waals surface area contributed by atoms with Gasteiger partial charge in [0.2, 0.25) is 0 Å². The monoisotopic (exact) mass is 243 g/mol. The fraction of sp³-hybridized carbons (Fsp3) is 0.133. The molecular formula is C15H14FNO. The molecule has 0 fully saturated rings. The highest BCUT2D eigenvalue weighted by atomic mass is 19.1. The third-order valence-electron chi connectivity index (χ3n) is 2.74. The molecule has 2 aromatic rings. The summed E-state index contributed by atoms with van der Waals surface area (Å²) < 4.78 is 13.6. The van der Waals surface area contributed by atoms with Gasteiger partial charge in [0.25, 0.3) is 0 Å². The Balaban J connectivity index is 2.41. The van der Waals surface area contributed by atoms with Gasteiger partial charge in [0.15, 0.2) is 5.78 Å². The zero-order valence-electron chi connectivity index (χ0n) is 10.4. The molecule has 0 aromatic heterocycles. The number of ketones is 1. The van der Waals surface area contributed by atoms with Crippen LogP contribution in [0, 0.1) is 5.82 Å². The lowest BCUT2D eigenvalue weighted by Crippen LogP contribution is -2.10. The standard InChI is InChI=1S/C15H14FNO/c1-17(2)12-7-5-6-11(10-12)15(18)13-8-3-4-9-14(13)16/h3-10H,1-2H3. The van der Waals surface area contributed by atoms with Crippen molar-refractivity contribution in [2.75, 3.05) is 19.0 Å². The number of hydrogen-bond acceptors (Lipinski definition) is 2. The van der Waals surface area contributed by atoms with E-state index in [1.165, 1.54) is 12.1 Å². The van der Waals surface area contributed by atoms with Crippen LogP contribution in [0.2, 0.25) is 0 Å². The first-order valence-corrected chi connectivity index (χ1v) is 5.66. The minimum atomic E-state index is -0.488. The van der Waals surface area contributed by atoms with Gasteiger partial charge in [0, 0.05) is 25.3 Å². The maximum Gasteiger partial charge on any atom is 0.196 e. The second-order valence-corrected chi connectivity index (χ2v) is 4.25. The highest BCUT2D eigenvalue weighted by Gasteiger charge is 2.13. The molecule has 2 aromatic carbocycles. The van der Waals surface area contributed by atoms with Gasteiger partial charge in [0.05, 0.1) is 5.56 Å². The molecule has 2 nitrogen and oxygen atoms in total. The molecule has 0 saturated heterocycles. The van der Waals surface area contributed by atoms with Crippen molar-refractivity contribution in [3.05, 3.63) is 65.5 Å². The number of anilines is 1. The minimum Gasteiger partial charge on any atom is -0.378 e. The summed E-state index contributed by atoms with van der Waals surface area (Å²) in [5.74, 6) is -0.783. The maximum absolute atomic E-state index is 13.6. The maximum atomic E-state index is 13.6. The Kier molecular flexibility index (Phi) is 3.42. The average Bonchev–Trinajstić information content (AvgIpc) is 2.38. The molecule has 0 aliphatic carbocycles. The van der Waals surface area contributed by atoms with E-state index in [9.17, 15) is 9.18 Å².